The van der Waals surface area contributed by atoms with Crippen LogP contribution in [0.4, 0.5) is 4.79 Å². The molecular formula is C14H25N3O6. The Morgan fingerprint density at radius 2 is 1.70 bits per heavy atom. The van der Waals surface area contributed by atoms with E-state index in [0.717, 1.165) is 0 Å². The number of likely N-dealkylation sites (N-methyl/N-ethyl adjacent to an activating group) is 1. The zero-order valence-electron chi connectivity index (χ0n) is 14.0. The zero-order chi connectivity index (χ0) is 17.8. The number of carbonyl (C=O) groups is 3. The number of unbranched alkanes of at least 4 members (excludes halogenated alkanes) is 1. The summed E-state index contributed by atoms with van der Waals surface area (Å²) in [5, 5.41) is 9.76. The molecule has 0 unspecified atom stereocenters. The third-order valence-electron chi connectivity index (χ3n) is 2.68. The molecule has 1 amide bonds. The van der Waals surface area contributed by atoms with E-state index >= 15 is 0 Å². The van der Waals surface area contributed by atoms with Crippen molar-refractivity contribution in [2.75, 3.05) is 33.9 Å². The molecule has 0 aliphatic carbocycles. The predicted molar refractivity (Wildman–Crippen MR) is 81.9 cm³/mol. The monoisotopic (exact) mass is 331 g/mol. The number of nitrogens with zero attached hydrogens (tertiary/aromatic N) is 1. The van der Waals surface area contributed by atoms with Gasteiger partial charge in [-0.1, -0.05) is 13.8 Å². The van der Waals surface area contributed by atoms with Crippen molar-refractivity contribution in [2.24, 2.45) is 5.92 Å². The fourth-order valence-electron chi connectivity index (χ4n) is 1.27. The fraction of sp³-hybridized carbons (Fsp3) is 0.714. The molecule has 23 heavy (non-hydrogen) atoms. The maximum atomic E-state index is 11.4. The summed E-state index contributed by atoms with van der Waals surface area (Å²) in [6.45, 7) is 3.76. The lowest BCUT2D eigenvalue weighted by Gasteiger charge is -2.18. The number of rotatable bonds is 8. The fourth-order valence-corrected chi connectivity index (χ4v) is 1.27. The second-order valence-electron chi connectivity index (χ2n) is 5.07. The number of alkyl carbamates (subject to hydrolysis) is 1. The second-order valence-corrected chi connectivity index (χ2v) is 5.07. The molecule has 0 spiro atoms. The Labute approximate surface area is 135 Å². The number of esters is 2. The number of ether oxygens (including phenoxy) is 3. The highest BCUT2D eigenvalue weighted by atomic mass is 16.6. The van der Waals surface area contributed by atoms with Crippen LogP contribution >= 0.6 is 0 Å². The number of amides is 1. The van der Waals surface area contributed by atoms with Gasteiger partial charge in [0.15, 0.2) is 0 Å². The predicted octanol–water partition coefficient (Wildman–Crippen LogP) is 0.732. The van der Waals surface area contributed by atoms with Crippen LogP contribution in [0.15, 0.2) is 0 Å². The zero-order valence-corrected chi connectivity index (χ0v) is 14.0. The third-order valence-corrected chi connectivity index (χ3v) is 2.68. The van der Waals surface area contributed by atoms with E-state index in [-0.39, 0.29) is 37.6 Å². The Morgan fingerprint density at radius 1 is 1.13 bits per heavy atom. The molecule has 0 aromatic carbocycles. The molecule has 9 nitrogen and oxygen atoms in total. The van der Waals surface area contributed by atoms with Crippen molar-refractivity contribution in [3.8, 4) is 0 Å². The Bertz CT molecular complexity index is 425. The van der Waals surface area contributed by atoms with Gasteiger partial charge in [-0.3, -0.25) is 20.3 Å². The largest absolute Gasteiger partial charge is 0.468 e. The summed E-state index contributed by atoms with van der Waals surface area (Å²) in [6.07, 6.45) is 0.320. The van der Waals surface area contributed by atoms with Gasteiger partial charge in [0, 0.05) is 7.05 Å². The summed E-state index contributed by atoms with van der Waals surface area (Å²) < 4.78 is 14.3. The Balaban J connectivity index is 3.76. The van der Waals surface area contributed by atoms with Crippen molar-refractivity contribution in [1.82, 2.24) is 10.2 Å². The van der Waals surface area contributed by atoms with E-state index in [4.69, 9.17) is 14.9 Å². The van der Waals surface area contributed by atoms with Gasteiger partial charge in [-0.25, -0.2) is 4.79 Å². The molecule has 0 aromatic heterocycles. The number of nitrogens with one attached hydrogen (secondary N) is 2. The first-order valence-corrected chi connectivity index (χ1v) is 7.24. The molecule has 0 aliphatic rings. The molecule has 0 fully saturated rings. The van der Waals surface area contributed by atoms with Gasteiger partial charge < -0.3 is 19.1 Å². The van der Waals surface area contributed by atoms with Crippen LogP contribution in [-0.2, 0) is 23.8 Å². The summed E-state index contributed by atoms with van der Waals surface area (Å²) in [5.41, 5.74) is 0. The van der Waals surface area contributed by atoms with Crippen LogP contribution in [0.5, 0.6) is 0 Å². The molecule has 0 radical (unpaired) electrons. The molecule has 0 saturated carbocycles. The van der Waals surface area contributed by atoms with Crippen LogP contribution in [0, 0.1) is 11.3 Å². The number of hydrogen-bond acceptors (Lipinski definition) is 7. The minimum atomic E-state index is -0.786. The van der Waals surface area contributed by atoms with Crippen LogP contribution in [0.25, 0.3) is 0 Å². The SMILES string of the molecule is COC(=O)CN(C)C(=N)NC(=O)OCCCCOC(=O)C(C)C. The minimum absolute atomic E-state index is 0.138. The first-order chi connectivity index (χ1) is 10.8. The highest BCUT2D eigenvalue weighted by molar-refractivity contribution is 5.93. The van der Waals surface area contributed by atoms with Gasteiger partial charge in [0.1, 0.15) is 6.54 Å². The van der Waals surface area contributed by atoms with Crippen molar-refractivity contribution in [3.05, 3.63) is 0 Å². The van der Waals surface area contributed by atoms with Crippen molar-refractivity contribution in [2.45, 2.75) is 26.7 Å². The van der Waals surface area contributed by atoms with Crippen LogP contribution in [-0.4, -0.2) is 62.8 Å². The molecule has 0 aliphatic heterocycles. The molecule has 0 atom stereocenters. The molecule has 0 rings (SSSR count). The van der Waals surface area contributed by atoms with Gasteiger partial charge in [0.2, 0.25) is 5.96 Å². The second kappa shape index (κ2) is 11.3. The quantitative estimate of drug-likeness (QED) is 0.221. The highest BCUT2D eigenvalue weighted by Crippen LogP contribution is 1.98. The van der Waals surface area contributed by atoms with Crippen molar-refractivity contribution < 1.29 is 28.6 Å². The average Bonchev–Trinajstić information content (AvgIpc) is 2.49. The van der Waals surface area contributed by atoms with E-state index in [1.165, 1.54) is 19.1 Å². The van der Waals surface area contributed by atoms with Crippen LogP contribution < -0.4 is 5.32 Å². The van der Waals surface area contributed by atoms with Gasteiger partial charge in [-0.2, -0.15) is 0 Å². The van der Waals surface area contributed by atoms with E-state index in [9.17, 15) is 14.4 Å². The number of methoxy groups -OCH3 is 1. The van der Waals surface area contributed by atoms with Crippen LogP contribution in [0.1, 0.15) is 26.7 Å². The van der Waals surface area contributed by atoms with Crippen LogP contribution in [0.2, 0.25) is 0 Å². The molecule has 9 heteroatoms. The van der Waals surface area contributed by atoms with Crippen molar-refractivity contribution >= 4 is 24.0 Å². The topological polar surface area (TPSA) is 118 Å². The van der Waals surface area contributed by atoms with Gasteiger partial charge in [0.25, 0.3) is 0 Å². The summed E-state index contributed by atoms with van der Waals surface area (Å²) >= 11 is 0. The van der Waals surface area contributed by atoms with Gasteiger partial charge >= 0.3 is 18.0 Å². The first-order valence-electron chi connectivity index (χ1n) is 7.24. The van der Waals surface area contributed by atoms with Crippen LogP contribution in [0.3, 0.4) is 0 Å². The van der Waals surface area contributed by atoms with E-state index in [0.29, 0.717) is 12.8 Å². The lowest BCUT2D eigenvalue weighted by molar-refractivity contribution is -0.147. The molecular weight excluding hydrogens is 306 g/mol. The Hall–Kier alpha value is -2.32. The Morgan fingerprint density at radius 3 is 2.22 bits per heavy atom. The van der Waals surface area contributed by atoms with Gasteiger partial charge in [-0.15, -0.1) is 0 Å². The van der Waals surface area contributed by atoms with E-state index in [2.05, 4.69) is 10.1 Å². The third kappa shape index (κ3) is 10.1. The van der Waals surface area contributed by atoms with E-state index < -0.39 is 12.1 Å². The lowest BCUT2D eigenvalue weighted by Crippen LogP contribution is -2.43. The summed E-state index contributed by atoms with van der Waals surface area (Å²) in [4.78, 5) is 34.9. The maximum absolute atomic E-state index is 11.4. The summed E-state index contributed by atoms with van der Waals surface area (Å²) in [6, 6.07) is 0. The number of guanidine groups is 1. The van der Waals surface area contributed by atoms with Gasteiger partial charge in [0.05, 0.1) is 26.2 Å². The summed E-state index contributed by atoms with van der Waals surface area (Å²) in [5.74, 6) is -1.22. The van der Waals surface area contributed by atoms with E-state index in [1.54, 1.807) is 13.8 Å². The van der Waals surface area contributed by atoms with Gasteiger partial charge in [-0.05, 0) is 12.8 Å². The maximum Gasteiger partial charge on any atom is 0.413 e. The average molecular weight is 331 g/mol. The highest BCUT2D eigenvalue weighted by Gasteiger charge is 2.13. The first kappa shape index (κ1) is 20.7. The standard InChI is InChI=1S/C14H25N3O6/c1-10(2)12(19)22-7-5-6-8-23-14(20)16-13(15)17(3)9-11(18)21-4/h10H,5-9H2,1-4H3,(H2,15,16,20). The molecule has 2 N–H and O–H groups in total. The summed E-state index contributed by atoms with van der Waals surface area (Å²) in [7, 11) is 2.70. The molecule has 132 valence electrons. The minimum Gasteiger partial charge on any atom is -0.468 e. The smallest absolute Gasteiger partial charge is 0.413 e. The number of hydrogen-bond donors (Lipinski definition) is 2. The normalized spacial score (nSPS) is 9.96. The molecule has 0 saturated heterocycles. The lowest BCUT2D eigenvalue weighted by atomic mass is 10.2. The Kier molecular flexibility index (Phi) is 10.1. The molecule has 0 heterocycles. The van der Waals surface area contributed by atoms with E-state index in [1.807, 2.05) is 0 Å². The molecule has 0 bridgehead atoms. The van der Waals surface area contributed by atoms with Crippen molar-refractivity contribution in [3.63, 3.8) is 0 Å². The van der Waals surface area contributed by atoms with Crippen molar-refractivity contribution in [1.29, 1.82) is 5.41 Å². The molecule has 0 aromatic rings. The number of carbonyl (C=O) groups excluding carboxylic acids is 3.